The van der Waals surface area contributed by atoms with Gasteiger partial charge >= 0.3 is 0 Å². The summed E-state index contributed by atoms with van der Waals surface area (Å²) in [6.45, 7) is 4.65. The van der Waals surface area contributed by atoms with E-state index in [1.807, 2.05) is 54.1 Å². The van der Waals surface area contributed by atoms with Crippen molar-refractivity contribution in [2.75, 3.05) is 11.9 Å². The van der Waals surface area contributed by atoms with Crippen molar-refractivity contribution < 1.29 is 9.53 Å². The SMILES string of the molecule is CCOc1ccc(C2CC(=O)Nc3c2c(-c2ccccc2)nn3-c2ccc(C)cc2)cc1. The van der Waals surface area contributed by atoms with Crippen molar-refractivity contribution in [1.82, 2.24) is 9.78 Å². The summed E-state index contributed by atoms with van der Waals surface area (Å²) in [5.74, 6) is 1.46. The Kier molecular flexibility index (Phi) is 5.23. The first-order valence-corrected chi connectivity index (χ1v) is 10.9. The predicted octanol–water partition coefficient (Wildman–Crippen LogP) is 5.72. The third kappa shape index (κ3) is 3.66. The van der Waals surface area contributed by atoms with Gasteiger partial charge in [-0.3, -0.25) is 4.79 Å². The van der Waals surface area contributed by atoms with Gasteiger partial charge in [0.15, 0.2) is 0 Å². The lowest BCUT2D eigenvalue weighted by Gasteiger charge is -2.25. The molecule has 0 fully saturated rings. The van der Waals surface area contributed by atoms with Gasteiger partial charge in [-0.15, -0.1) is 0 Å². The highest BCUT2D eigenvalue weighted by Gasteiger charge is 2.34. The van der Waals surface area contributed by atoms with E-state index in [1.54, 1.807) is 0 Å². The summed E-state index contributed by atoms with van der Waals surface area (Å²) >= 11 is 0. The molecule has 0 bridgehead atoms. The van der Waals surface area contributed by atoms with Crippen molar-refractivity contribution in [2.45, 2.75) is 26.2 Å². The molecule has 2 heterocycles. The summed E-state index contributed by atoms with van der Waals surface area (Å²) in [5.41, 5.74) is 6.13. The molecule has 5 rings (SSSR count). The molecule has 1 amide bonds. The first-order valence-electron chi connectivity index (χ1n) is 10.9. The van der Waals surface area contributed by atoms with E-state index in [0.29, 0.717) is 13.0 Å². The Bertz CT molecular complexity index is 1240. The number of benzene rings is 3. The molecule has 0 radical (unpaired) electrons. The summed E-state index contributed by atoms with van der Waals surface area (Å²) in [7, 11) is 0. The molecule has 1 atom stereocenters. The molecule has 1 aliphatic heterocycles. The van der Waals surface area contributed by atoms with Gasteiger partial charge in [0.25, 0.3) is 0 Å². The normalized spacial score (nSPS) is 15.2. The van der Waals surface area contributed by atoms with Crippen LogP contribution in [0.2, 0.25) is 0 Å². The Morgan fingerprint density at radius 1 is 1.00 bits per heavy atom. The van der Waals surface area contributed by atoms with Gasteiger partial charge in [0.2, 0.25) is 5.91 Å². The Labute approximate surface area is 187 Å². The summed E-state index contributed by atoms with van der Waals surface area (Å²) in [5, 5.41) is 8.10. The van der Waals surface area contributed by atoms with Crippen LogP contribution in [0.1, 0.15) is 36.0 Å². The first kappa shape index (κ1) is 20.1. The lowest BCUT2D eigenvalue weighted by Crippen LogP contribution is -2.24. The van der Waals surface area contributed by atoms with Gasteiger partial charge in [0.05, 0.1) is 18.0 Å². The number of aromatic nitrogens is 2. The molecule has 5 heteroatoms. The number of ether oxygens (including phenoxy) is 1. The van der Waals surface area contributed by atoms with Crippen molar-refractivity contribution in [3.63, 3.8) is 0 Å². The molecule has 0 saturated carbocycles. The maximum Gasteiger partial charge on any atom is 0.226 e. The van der Waals surface area contributed by atoms with Crippen molar-refractivity contribution in [3.05, 3.63) is 95.6 Å². The number of carbonyl (C=O) groups excluding carboxylic acids is 1. The van der Waals surface area contributed by atoms with Crippen LogP contribution in [0.15, 0.2) is 78.9 Å². The van der Waals surface area contributed by atoms with E-state index in [2.05, 4.69) is 48.6 Å². The van der Waals surface area contributed by atoms with E-state index in [9.17, 15) is 4.79 Å². The van der Waals surface area contributed by atoms with Gasteiger partial charge < -0.3 is 10.1 Å². The molecule has 0 saturated heterocycles. The number of aryl methyl sites for hydroxylation is 1. The third-order valence-corrected chi connectivity index (χ3v) is 5.84. The minimum absolute atomic E-state index is 0.00995. The molecule has 0 aliphatic carbocycles. The van der Waals surface area contributed by atoms with E-state index >= 15 is 0 Å². The maximum atomic E-state index is 12.8. The highest BCUT2D eigenvalue weighted by molar-refractivity contribution is 5.96. The molecule has 1 unspecified atom stereocenters. The van der Waals surface area contributed by atoms with Crippen LogP contribution in [0.4, 0.5) is 5.82 Å². The number of rotatable bonds is 5. The fraction of sp³-hybridized carbons (Fsp3) is 0.185. The fourth-order valence-corrected chi connectivity index (χ4v) is 4.28. The second-order valence-corrected chi connectivity index (χ2v) is 8.03. The Hall–Kier alpha value is -3.86. The molecule has 0 spiro atoms. The van der Waals surface area contributed by atoms with E-state index < -0.39 is 0 Å². The molecular weight excluding hydrogens is 398 g/mol. The van der Waals surface area contributed by atoms with Crippen molar-refractivity contribution in [1.29, 1.82) is 0 Å². The van der Waals surface area contributed by atoms with Crippen LogP contribution in [0, 0.1) is 6.92 Å². The number of hydrogen-bond acceptors (Lipinski definition) is 3. The van der Waals surface area contributed by atoms with Crippen LogP contribution >= 0.6 is 0 Å². The van der Waals surface area contributed by atoms with Gasteiger partial charge in [0.1, 0.15) is 11.6 Å². The zero-order valence-electron chi connectivity index (χ0n) is 18.2. The zero-order chi connectivity index (χ0) is 22.1. The first-order chi connectivity index (χ1) is 15.6. The van der Waals surface area contributed by atoms with Crippen LogP contribution in [0.25, 0.3) is 16.9 Å². The number of hydrogen-bond donors (Lipinski definition) is 1. The topological polar surface area (TPSA) is 56.1 Å². The average molecular weight is 424 g/mol. The largest absolute Gasteiger partial charge is 0.494 e. The van der Waals surface area contributed by atoms with Crippen molar-refractivity contribution >= 4 is 11.7 Å². The van der Waals surface area contributed by atoms with Gasteiger partial charge in [-0.1, -0.05) is 60.2 Å². The number of amides is 1. The van der Waals surface area contributed by atoms with Crippen LogP contribution in [-0.2, 0) is 4.79 Å². The summed E-state index contributed by atoms with van der Waals surface area (Å²) in [6.07, 6.45) is 0.375. The van der Waals surface area contributed by atoms with Gasteiger partial charge in [-0.05, 0) is 43.7 Å². The predicted molar refractivity (Wildman–Crippen MR) is 126 cm³/mol. The Morgan fingerprint density at radius 2 is 1.72 bits per heavy atom. The minimum Gasteiger partial charge on any atom is -0.494 e. The van der Waals surface area contributed by atoms with Crippen molar-refractivity contribution in [3.8, 4) is 22.7 Å². The van der Waals surface area contributed by atoms with Gasteiger partial charge in [0, 0.05) is 23.5 Å². The highest BCUT2D eigenvalue weighted by atomic mass is 16.5. The molecular formula is C27H25N3O2. The average Bonchev–Trinajstić information content (AvgIpc) is 3.20. The van der Waals surface area contributed by atoms with E-state index in [1.165, 1.54) is 5.56 Å². The molecule has 160 valence electrons. The molecule has 1 aromatic heterocycles. The fourth-order valence-electron chi connectivity index (χ4n) is 4.28. The smallest absolute Gasteiger partial charge is 0.226 e. The third-order valence-electron chi connectivity index (χ3n) is 5.84. The number of carbonyl (C=O) groups is 1. The van der Waals surface area contributed by atoms with Gasteiger partial charge in [-0.25, -0.2) is 4.68 Å². The summed E-state index contributed by atoms with van der Waals surface area (Å²) in [6, 6.07) is 26.4. The minimum atomic E-state index is -0.0937. The number of nitrogens with zero attached hydrogens (tertiary/aromatic N) is 2. The molecule has 4 aromatic rings. The molecule has 1 N–H and O–H groups in total. The van der Waals surface area contributed by atoms with Gasteiger partial charge in [-0.2, -0.15) is 5.10 Å². The standard InChI is InChI=1S/C27H25N3O2/c1-3-32-22-15-11-19(12-16-22)23-17-24(31)28-27-25(23)26(20-7-5-4-6-8-20)29-30(27)21-13-9-18(2)10-14-21/h4-16,23H,3,17H2,1-2H3,(H,28,31). The summed E-state index contributed by atoms with van der Waals surface area (Å²) < 4.78 is 7.46. The molecule has 3 aromatic carbocycles. The molecule has 1 aliphatic rings. The summed E-state index contributed by atoms with van der Waals surface area (Å²) in [4.78, 5) is 12.8. The van der Waals surface area contributed by atoms with Crippen LogP contribution in [0.5, 0.6) is 5.75 Å². The van der Waals surface area contributed by atoms with Crippen molar-refractivity contribution in [2.24, 2.45) is 0 Å². The lowest BCUT2D eigenvalue weighted by molar-refractivity contribution is -0.116. The van der Waals surface area contributed by atoms with E-state index in [0.717, 1.165) is 39.6 Å². The lowest BCUT2D eigenvalue weighted by atomic mass is 9.84. The molecule has 5 nitrogen and oxygen atoms in total. The second kappa shape index (κ2) is 8.35. The van der Waals surface area contributed by atoms with E-state index in [4.69, 9.17) is 9.84 Å². The monoisotopic (exact) mass is 423 g/mol. The number of fused-ring (bicyclic) bond motifs is 1. The van der Waals surface area contributed by atoms with Crippen LogP contribution in [0.3, 0.4) is 0 Å². The zero-order valence-corrected chi connectivity index (χ0v) is 18.2. The molecule has 32 heavy (non-hydrogen) atoms. The second-order valence-electron chi connectivity index (χ2n) is 8.03. The quantitative estimate of drug-likeness (QED) is 0.447. The van der Waals surface area contributed by atoms with Crippen LogP contribution in [-0.4, -0.2) is 22.3 Å². The number of nitrogens with one attached hydrogen (secondary N) is 1. The Morgan fingerprint density at radius 3 is 2.41 bits per heavy atom. The Balaban J connectivity index is 1.70. The van der Waals surface area contributed by atoms with E-state index in [-0.39, 0.29) is 11.8 Å². The maximum absolute atomic E-state index is 12.8. The number of anilines is 1. The van der Waals surface area contributed by atoms with Crippen LogP contribution < -0.4 is 10.1 Å². The highest BCUT2D eigenvalue weighted by Crippen LogP contribution is 2.44.